The van der Waals surface area contributed by atoms with Crippen LogP contribution in [0.15, 0.2) is 70.1 Å². The van der Waals surface area contributed by atoms with Crippen molar-refractivity contribution in [1.82, 2.24) is 0 Å². The summed E-state index contributed by atoms with van der Waals surface area (Å²) in [5.74, 6) is -1.38. The van der Waals surface area contributed by atoms with Crippen molar-refractivity contribution >= 4 is 51.9 Å². The highest BCUT2D eigenvalue weighted by Crippen LogP contribution is 2.33. The minimum absolute atomic E-state index is 0.0369. The fourth-order valence-corrected chi connectivity index (χ4v) is 3.55. The van der Waals surface area contributed by atoms with Crippen molar-refractivity contribution < 1.29 is 36.5 Å². The first-order valence-electron chi connectivity index (χ1n) is 11.7. The highest BCUT2D eigenvalue weighted by Gasteiger charge is 2.34. The quantitative estimate of drug-likeness (QED) is 0.151. The Kier molecular flexibility index (Phi) is 15.3. The van der Waals surface area contributed by atoms with Crippen LogP contribution in [-0.2, 0) is 20.7 Å². The van der Waals surface area contributed by atoms with Crippen molar-refractivity contribution in [3.05, 3.63) is 104 Å². The molecule has 0 heterocycles. The summed E-state index contributed by atoms with van der Waals surface area (Å²) >= 11 is 17.2. The van der Waals surface area contributed by atoms with Gasteiger partial charge >= 0.3 is 6.18 Å². The molecule has 6 nitrogen and oxygen atoms in total. The Hall–Kier alpha value is -3.41. The van der Waals surface area contributed by atoms with Gasteiger partial charge in [-0.25, -0.2) is 8.78 Å². The monoisotopic (exact) mass is 653 g/mol. The van der Waals surface area contributed by atoms with Gasteiger partial charge in [0.15, 0.2) is 0 Å². The predicted octanol–water partition coefficient (Wildman–Crippen LogP) is 9.43. The van der Waals surface area contributed by atoms with Crippen LogP contribution in [0.3, 0.4) is 0 Å². The van der Waals surface area contributed by atoms with Crippen LogP contribution in [0.1, 0.15) is 43.0 Å². The zero-order valence-electron chi connectivity index (χ0n) is 23.3. The number of nitrogens with zero attached hydrogens (tertiary/aromatic N) is 3. The zero-order valence-corrected chi connectivity index (χ0v) is 25.6. The molecule has 0 radical (unpaired) electrons. The van der Waals surface area contributed by atoms with Gasteiger partial charge in [-0.05, 0) is 63.2 Å². The molecule has 0 fully saturated rings. The number of halogens is 8. The average molecular weight is 655 g/mol. The van der Waals surface area contributed by atoms with Crippen molar-refractivity contribution in [3.8, 4) is 0 Å². The van der Waals surface area contributed by atoms with Gasteiger partial charge in [0.05, 0.1) is 37.8 Å². The second kappa shape index (κ2) is 17.5. The first-order valence-corrected chi connectivity index (χ1v) is 12.8. The molecule has 0 saturated carbocycles. The molecule has 0 aliphatic carbocycles. The third kappa shape index (κ3) is 11.8. The van der Waals surface area contributed by atoms with E-state index in [1.807, 2.05) is 13.0 Å². The van der Waals surface area contributed by atoms with Crippen molar-refractivity contribution in [1.29, 1.82) is 0 Å². The molecular weight excluding hydrogens is 628 g/mol. The molecule has 0 aromatic heterocycles. The third-order valence-corrected chi connectivity index (χ3v) is 6.06. The van der Waals surface area contributed by atoms with E-state index in [0.29, 0.717) is 21.8 Å². The van der Waals surface area contributed by atoms with Gasteiger partial charge in [-0.3, -0.25) is 0 Å². The molecule has 0 spiro atoms. The van der Waals surface area contributed by atoms with Crippen LogP contribution >= 0.6 is 34.8 Å². The Morgan fingerprint density at radius 2 is 1.10 bits per heavy atom. The molecule has 3 aromatic carbocycles. The highest BCUT2D eigenvalue weighted by molar-refractivity contribution is 6.42. The molecule has 14 heteroatoms. The van der Waals surface area contributed by atoms with Gasteiger partial charge in [0.25, 0.3) is 0 Å². The molecule has 42 heavy (non-hydrogen) atoms. The van der Waals surface area contributed by atoms with Crippen molar-refractivity contribution in [2.45, 2.75) is 26.9 Å². The third-order valence-electron chi connectivity index (χ3n) is 5.04. The van der Waals surface area contributed by atoms with Crippen LogP contribution in [0, 0.1) is 11.6 Å². The maximum absolute atomic E-state index is 12.8. The first kappa shape index (κ1) is 36.6. The minimum atomic E-state index is -4.62. The van der Waals surface area contributed by atoms with Gasteiger partial charge in [-0.1, -0.05) is 62.4 Å². The molecule has 228 valence electrons. The topological polar surface area (TPSA) is 64.8 Å². The van der Waals surface area contributed by atoms with Crippen molar-refractivity contribution in [2.24, 2.45) is 15.5 Å². The number of hydrogen-bond donors (Lipinski definition) is 0. The van der Waals surface area contributed by atoms with E-state index in [2.05, 4.69) is 30.0 Å². The Morgan fingerprint density at radius 1 is 0.619 bits per heavy atom. The standard InChI is InChI=1S/C10H9F4NO.C9H9Cl2NO.C9H9ClFNO/c1-6(15-16-2)8-4-3-7(11)5-9(8)10(12,13)14;1-6(12-13-2)7-3-4-8(10)9(11)5-7;1-6(12-13-2)7-3-4-9(11)8(10)5-7/h3-5H,1-2H3;2*3-5H,1-2H3. The van der Waals surface area contributed by atoms with Gasteiger partial charge < -0.3 is 14.5 Å². The summed E-state index contributed by atoms with van der Waals surface area (Å²) in [6.07, 6.45) is -4.62. The maximum atomic E-state index is 12.8. The van der Waals surface area contributed by atoms with Gasteiger partial charge in [0.1, 0.15) is 33.0 Å². The Balaban J connectivity index is 0.000000318. The number of alkyl halides is 3. The molecule has 3 rings (SSSR count). The van der Waals surface area contributed by atoms with Gasteiger partial charge in [0.2, 0.25) is 0 Å². The summed E-state index contributed by atoms with van der Waals surface area (Å²) in [4.78, 5) is 13.6. The first-order chi connectivity index (χ1) is 19.7. The normalized spacial score (nSPS) is 12.0. The number of benzene rings is 3. The maximum Gasteiger partial charge on any atom is 0.417 e. The molecule has 0 N–H and O–H groups in total. The molecule has 3 aromatic rings. The lowest BCUT2D eigenvalue weighted by molar-refractivity contribution is -0.137. The molecule has 0 aliphatic rings. The summed E-state index contributed by atoms with van der Waals surface area (Å²) in [6.45, 7) is 4.95. The van der Waals surface area contributed by atoms with E-state index in [1.54, 1.807) is 25.1 Å². The van der Waals surface area contributed by atoms with E-state index in [0.717, 1.165) is 29.0 Å². The van der Waals surface area contributed by atoms with Crippen LogP contribution < -0.4 is 0 Å². The number of oxime groups is 3. The summed E-state index contributed by atoms with van der Waals surface area (Å²) in [6, 6.07) is 12.1. The van der Waals surface area contributed by atoms with Gasteiger partial charge in [-0.15, -0.1) is 0 Å². The van der Waals surface area contributed by atoms with E-state index in [9.17, 15) is 22.0 Å². The van der Waals surface area contributed by atoms with E-state index >= 15 is 0 Å². The molecule has 0 saturated heterocycles. The van der Waals surface area contributed by atoms with Crippen LogP contribution in [0.5, 0.6) is 0 Å². The second-order valence-corrected chi connectivity index (χ2v) is 9.24. The lowest BCUT2D eigenvalue weighted by atomic mass is 10.0. The molecule has 0 aliphatic heterocycles. The van der Waals surface area contributed by atoms with Crippen molar-refractivity contribution in [2.75, 3.05) is 21.3 Å². The fourth-order valence-electron chi connectivity index (χ4n) is 3.07. The molecule has 0 amide bonds. The Morgan fingerprint density at radius 3 is 1.55 bits per heavy atom. The largest absolute Gasteiger partial charge is 0.417 e. The Bertz CT molecular complexity index is 1360. The second-order valence-electron chi connectivity index (χ2n) is 8.02. The summed E-state index contributed by atoms with van der Waals surface area (Å²) in [7, 11) is 4.18. The van der Waals surface area contributed by atoms with E-state index in [-0.39, 0.29) is 16.3 Å². The van der Waals surface area contributed by atoms with Crippen LogP contribution in [-0.4, -0.2) is 38.5 Å². The fraction of sp³-hybridized carbons (Fsp3) is 0.250. The molecular formula is C28H27Cl3F5N3O3. The zero-order chi connectivity index (χ0) is 32.0. The van der Waals surface area contributed by atoms with Gasteiger partial charge in [0, 0.05) is 16.7 Å². The number of rotatable bonds is 6. The van der Waals surface area contributed by atoms with Crippen LogP contribution in [0.4, 0.5) is 22.0 Å². The predicted molar refractivity (Wildman–Crippen MR) is 157 cm³/mol. The van der Waals surface area contributed by atoms with E-state index in [4.69, 9.17) is 34.8 Å². The summed E-state index contributed by atoms with van der Waals surface area (Å²) in [5.41, 5.74) is 1.84. The van der Waals surface area contributed by atoms with Gasteiger partial charge in [-0.2, -0.15) is 13.2 Å². The lowest BCUT2D eigenvalue weighted by Crippen LogP contribution is -2.12. The minimum Gasteiger partial charge on any atom is -0.399 e. The van der Waals surface area contributed by atoms with E-state index in [1.165, 1.54) is 40.4 Å². The van der Waals surface area contributed by atoms with Crippen LogP contribution in [0.2, 0.25) is 15.1 Å². The molecule has 0 atom stereocenters. The average Bonchev–Trinajstić information content (AvgIpc) is 2.92. The van der Waals surface area contributed by atoms with Crippen LogP contribution in [0.25, 0.3) is 0 Å². The summed E-state index contributed by atoms with van der Waals surface area (Å²) < 4.78 is 63.2. The Labute approximate surface area is 255 Å². The van der Waals surface area contributed by atoms with E-state index < -0.39 is 23.4 Å². The highest BCUT2D eigenvalue weighted by atomic mass is 35.5. The molecule has 0 unspecified atom stereocenters. The van der Waals surface area contributed by atoms with Crippen molar-refractivity contribution in [3.63, 3.8) is 0 Å². The summed E-state index contributed by atoms with van der Waals surface area (Å²) in [5, 5.41) is 12.0. The lowest BCUT2D eigenvalue weighted by Gasteiger charge is -2.12. The molecule has 0 bridgehead atoms. The number of hydrogen-bond acceptors (Lipinski definition) is 6. The smallest absolute Gasteiger partial charge is 0.399 e. The SMILES string of the molecule is CON=C(C)c1ccc(Cl)c(Cl)c1.CON=C(C)c1ccc(F)c(Cl)c1.CON=C(C)c1ccc(F)cc1C(F)(F)F.